The summed E-state index contributed by atoms with van der Waals surface area (Å²) in [5, 5.41) is 4.47. The fraction of sp³-hybridized carbons (Fsp3) is 0.308. The second-order valence-corrected chi connectivity index (χ2v) is 4.38. The number of nitrogen functional groups attached to an aromatic ring is 1. The molecule has 0 bridgehead atoms. The van der Waals surface area contributed by atoms with Crippen LogP contribution >= 0.6 is 0 Å². The smallest absolute Gasteiger partial charge is 0.0705 e. The molecule has 1 saturated heterocycles. The van der Waals surface area contributed by atoms with Crippen LogP contribution in [0, 0.1) is 0 Å². The third-order valence-corrected chi connectivity index (χ3v) is 3.17. The van der Waals surface area contributed by atoms with Crippen molar-refractivity contribution in [1.29, 1.82) is 0 Å². The predicted octanol–water partition coefficient (Wildman–Crippen LogP) is 1.23. The maximum atomic E-state index is 5.77. The number of anilines is 2. The van der Waals surface area contributed by atoms with Crippen molar-refractivity contribution in [3.63, 3.8) is 0 Å². The third kappa shape index (κ3) is 2.03. The average Bonchev–Trinajstić information content (AvgIpc) is 2.39. The van der Waals surface area contributed by atoms with Crippen LogP contribution in [0.25, 0.3) is 10.9 Å². The van der Waals surface area contributed by atoms with E-state index in [0.29, 0.717) is 0 Å². The van der Waals surface area contributed by atoms with E-state index < -0.39 is 0 Å². The number of aromatic nitrogens is 1. The number of nitrogens with zero attached hydrogens (tertiary/aromatic N) is 2. The van der Waals surface area contributed by atoms with E-state index in [1.165, 1.54) is 5.69 Å². The number of nitrogens with two attached hydrogens (primary N) is 1. The largest absolute Gasteiger partial charge is 0.397 e. The lowest BCUT2D eigenvalue weighted by Gasteiger charge is -2.29. The van der Waals surface area contributed by atoms with Gasteiger partial charge in [0.05, 0.1) is 17.4 Å². The molecule has 0 aliphatic carbocycles. The monoisotopic (exact) mass is 228 g/mol. The van der Waals surface area contributed by atoms with Crippen LogP contribution in [0.5, 0.6) is 0 Å². The number of piperazine rings is 1. The lowest BCUT2D eigenvalue weighted by Crippen LogP contribution is -2.43. The molecule has 1 aromatic heterocycles. The van der Waals surface area contributed by atoms with Gasteiger partial charge in [-0.15, -0.1) is 0 Å². The molecule has 3 N–H and O–H groups in total. The van der Waals surface area contributed by atoms with Gasteiger partial charge in [-0.1, -0.05) is 0 Å². The van der Waals surface area contributed by atoms with E-state index in [0.717, 1.165) is 42.8 Å². The summed E-state index contributed by atoms with van der Waals surface area (Å²) in [5.74, 6) is 0. The quantitative estimate of drug-likeness (QED) is 0.770. The van der Waals surface area contributed by atoms with E-state index in [-0.39, 0.29) is 0 Å². The molecule has 4 heteroatoms. The molecular formula is C13H16N4. The first-order chi connectivity index (χ1) is 8.33. The van der Waals surface area contributed by atoms with Crippen molar-refractivity contribution in [1.82, 2.24) is 10.3 Å². The van der Waals surface area contributed by atoms with Crippen molar-refractivity contribution in [2.75, 3.05) is 36.8 Å². The normalized spacial score (nSPS) is 16.4. The van der Waals surface area contributed by atoms with E-state index in [9.17, 15) is 0 Å². The molecule has 3 rings (SSSR count). The molecular weight excluding hydrogens is 212 g/mol. The summed E-state index contributed by atoms with van der Waals surface area (Å²) < 4.78 is 0. The molecule has 0 atom stereocenters. The summed E-state index contributed by atoms with van der Waals surface area (Å²) in [7, 11) is 0. The number of hydrogen-bond acceptors (Lipinski definition) is 4. The summed E-state index contributed by atoms with van der Waals surface area (Å²) in [4.78, 5) is 6.70. The fourth-order valence-electron chi connectivity index (χ4n) is 2.26. The Balaban J connectivity index is 1.99. The zero-order chi connectivity index (χ0) is 11.7. The van der Waals surface area contributed by atoms with Gasteiger partial charge >= 0.3 is 0 Å². The van der Waals surface area contributed by atoms with Gasteiger partial charge in [-0.3, -0.25) is 4.98 Å². The molecule has 0 amide bonds. The summed E-state index contributed by atoms with van der Waals surface area (Å²) >= 11 is 0. The molecule has 2 heterocycles. The van der Waals surface area contributed by atoms with Gasteiger partial charge in [-0.05, 0) is 24.3 Å². The van der Waals surface area contributed by atoms with Crippen molar-refractivity contribution in [2.24, 2.45) is 0 Å². The molecule has 0 unspecified atom stereocenters. The van der Waals surface area contributed by atoms with Crippen molar-refractivity contribution < 1.29 is 0 Å². The number of hydrogen-bond donors (Lipinski definition) is 2. The van der Waals surface area contributed by atoms with Crippen molar-refractivity contribution in [3.05, 3.63) is 30.5 Å². The van der Waals surface area contributed by atoms with Gasteiger partial charge in [0, 0.05) is 37.3 Å². The minimum atomic E-state index is 0.718. The molecule has 4 nitrogen and oxygen atoms in total. The number of fused-ring (bicyclic) bond motifs is 1. The van der Waals surface area contributed by atoms with E-state index in [4.69, 9.17) is 5.73 Å². The first-order valence-corrected chi connectivity index (χ1v) is 5.94. The summed E-state index contributed by atoms with van der Waals surface area (Å²) in [6.07, 6.45) is 1.70. The highest BCUT2D eigenvalue weighted by atomic mass is 15.2. The van der Waals surface area contributed by atoms with Crippen LogP contribution < -0.4 is 16.0 Å². The highest BCUT2D eigenvalue weighted by Crippen LogP contribution is 2.22. The zero-order valence-corrected chi connectivity index (χ0v) is 9.69. The number of rotatable bonds is 1. The van der Waals surface area contributed by atoms with Crippen LogP contribution in [0.15, 0.2) is 30.5 Å². The van der Waals surface area contributed by atoms with Crippen LogP contribution in [-0.4, -0.2) is 31.2 Å². The summed E-state index contributed by atoms with van der Waals surface area (Å²) in [6.45, 7) is 4.21. The number of nitrogens with one attached hydrogen (secondary N) is 1. The fourth-order valence-corrected chi connectivity index (χ4v) is 2.26. The van der Waals surface area contributed by atoms with Gasteiger partial charge in [0.15, 0.2) is 0 Å². The number of pyridine rings is 1. The number of benzene rings is 1. The second-order valence-electron chi connectivity index (χ2n) is 4.38. The topological polar surface area (TPSA) is 54.2 Å². The average molecular weight is 228 g/mol. The molecule has 0 spiro atoms. The molecule has 1 aliphatic heterocycles. The Morgan fingerprint density at radius 3 is 2.82 bits per heavy atom. The molecule has 17 heavy (non-hydrogen) atoms. The van der Waals surface area contributed by atoms with E-state index in [1.54, 1.807) is 6.20 Å². The Hall–Kier alpha value is -1.81. The SMILES string of the molecule is Nc1cnc2ccc(N3CCNCC3)cc2c1. The highest BCUT2D eigenvalue weighted by molar-refractivity contribution is 5.84. The van der Waals surface area contributed by atoms with Gasteiger partial charge in [-0.25, -0.2) is 0 Å². The van der Waals surface area contributed by atoms with Gasteiger partial charge in [0.2, 0.25) is 0 Å². The lowest BCUT2D eigenvalue weighted by molar-refractivity contribution is 0.589. The Bertz CT molecular complexity index is 532. The van der Waals surface area contributed by atoms with E-state index >= 15 is 0 Å². The molecule has 88 valence electrons. The minimum Gasteiger partial charge on any atom is -0.397 e. The Kier molecular flexibility index (Phi) is 2.57. The molecule has 2 aromatic rings. The van der Waals surface area contributed by atoms with Crippen molar-refractivity contribution in [2.45, 2.75) is 0 Å². The van der Waals surface area contributed by atoms with Crippen LogP contribution in [0.3, 0.4) is 0 Å². The second kappa shape index (κ2) is 4.22. The van der Waals surface area contributed by atoms with Crippen LogP contribution in [0.1, 0.15) is 0 Å². The molecule has 1 aromatic carbocycles. The van der Waals surface area contributed by atoms with Crippen molar-refractivity contribution >= 4 is 22.3 Å². The Morgan fingerprint density at radius 1 is 1.18 bits per heavy atom. The molecule has 1 fully saturated rings. The van der Waals surface area contributed by atoms with Crippen LogP contribution in [0.4, 0.5) is 11.4 Å². The van der Waals surface area contributed by atoms with Crippen LogP contribution in [-0.2, 0) is 0 Å². The van der Waals surface area contributed by atoms with Crippen LogP contribution in [0.2, 0.25) is 0 Å². The van der Waals surface area contributed by atoms with Gasteiger partial charge in [0.1, 0.15) is 0 Å². The van der Waals surface area contributed by atoms with E-state index in [1.807, 2.05) is 6.07 Å². The first kappa shape index (κ1) is 10.4. The molecule has 1 aliphatic rings. The lowest BCUT2D eigenvalue weighted by atomic mass is 10.1. The van der Waals surface area contributed by atoms with Gasteiger partial charge in [-0.2, -0.15) is 0 Å². The highest BCUT2D eigenvalue weighted by Gasteiger charge is 2.10. The predicted molar refractivity (Wildman–Crippen MR) is 71.2 cm³/mol. The summed E-state index contributed by atoms with van der Waals surface area (Å²) in [5.41, 5.74) is 8.74. The standard InChI is InChI=1S/C13H16N4/c14-11-7-10-8-12(1-2-13(10)16-9-11)17-5-3-15-4-6-17/h1-2,7-9,15H,3-6,14H2. The van der Waals surface area contributed by atoms with E-state index in [2.05, 4.69) is 33.4 Å². The molecule has 0 radical (unpaired) electrons. The Labute approximate surface area is 100 Å². The maximum absolute atomic E-state index is 5.77. The van der Waals surface area contributed by atoms with Gasteiger partial charge < -0.3 is 16.0 Å². The maximum Gasteiger partial charge on any atom is 0.0705 e. The summed E-state index contributed by atoms with van der Waals surface area (Å²) in [6, 6.07) is 8.35. The minimum absolute atomic E-state index is 0.718. The Morgan fingerprint density at radius 2 is 2.00 bits per heavy atom. The zero-order valence-electron chi connectivity index (χ0n) is 9.69. The van der Waals surface area contributed by atoms with Gasteiger partial charge in [0.25, 0.3) is 0 Å². The third-order valence-electron chi connectivity index (χ3n) is 3.17. The molecule has 0 saturated carbocycles. The first-order valence-electron chi connectivity index (χ1n) is 5.94. The van der Waals surface area contributed by atoms with Crippen molar-refractivity contribution in [3.8, 4) is 0 Å².